The van der Waals surface area contributed by atoms with E-state index in [1.54, 1.807) is 39.0 Å². The molecule has 2 aromatic carbocycles. The number of hydrogen-bond donors (Lipinski definition) is 2. The minimum Gasteiger partial charge on any atom is -0.495 e. The number of hydrogen-bond acceptors (Lipinski definition) is 5. The minimum absolute atomic E-state index is 0.0527. The summed E-state index contributed by atoms with van der Waals surface area (Å²) in [6, 6.07) is 13.4. The number of benzene rings is 2. The van der Waals surface area contributed by atoms with Crippen LogP contribution in [0.4, 0.5) is 10.5 Å². The summed E-state index contributed by atoms with van der Waals surface area (Å²) in [5.74, 6) is -0.0524. The first-order valence-electron chi connectivity index (χ1n) is 9.43. The van der Waals surface area contributed by atoms with Gasteiger partial charge in [-0.15, -0.1) is 0 Å². The van der Waals surface area contributed by atoms with Crippen LogP contribution in [-0.4, -0.2) is 37.4 Å². The smallest absolute Gasteiger partial charge is 0.408 e. The summed E-state index contributed by atoms with van der Waals surface area (Å²) >= 11 is 6.02. The van der Waals surface area contributed by atoms with E-state index in [1.807, 2.05) is 30.3 Å². The normalized spacial score (nSPS) is 12.0. The van der Waals surface area contributed by atoms with E-state index < -0.39 is 23.6 Å². The molecule has 0 bridgehead atoms. The maximum Gasteiger partial charge on any atom is 0.408 e. The molecule has 1 atom stereocenters. The zero-order chi connectivity index (χ0) is 22.1. The summed E-state index contributed by atoms with van der Waals surface area (Å²) in [5.41, 5.74) is 0.631. The van der Waals surface area contributed by atoms with Gasteiger partial charge >= 0.3 is 6.09 Å². The number of nitrogens with one attached hydrogen (secondary N) is 2. The van der Waals surface area contributed by atoms with Gasteiger partial charge in [0.05, 0.1) is 26.0 Å². The number of methoxy groups -OCH3 is 1. The molecular weight excluding hydrogens is 408 g/mol. The van der Waals surface area contributed by atoms with Gasteiger partial charge in [-0.05, 0) is 44.5 Å². The van der Waals surface area contributed by atoms with Gasteiger partial charge in [0.1, 0.15) is 17.4 Å². The van der Waals surface area contributed by atoms with Gasteiger partial charge in [0, 0.05) is 5.02 Å². The second kappa shape index (κ2) is 10.8. The number of ether oxygens (including phenoxy) is 3. The number of alkyl carbamates (subject to hydrolysis) is 1. The fourth-order valence-corrected chi connectivity index (χ4v) is 2.67. The molecule has 30 heavy (non-hydrogen) atoms. The molecule has 162 valence electrons. The molecule has 0 unspecified atom stereocenters. The first-order valence-corrected chi connectivity index (χ1v) is 9.81. The second-order valence-electron chi connectivity index (χ2n) is 7.53. The van der Waals surface area contributed by atoms with Gasteiger partial charge in [-0.1, -0.05) is 41.9 Å². The first kappa shape index (κ1) is 23.5. The zero-order valence-corrected chi connectivity index (χ0v) is 18.3. The molecule has 0 heterocycles. The van der Waals surface area contributed by atoms with Crippen LogP contribution in [0.1, 0.15) is 26.3 Å². The maximum atomic E-state index is 12.9. The highest BCUT2D eigenvalue weighted by Gasteiger charge is 2.25. The average molecular weight is 435 g/mol. The average Bonchev–Trinajstić information content (AvgIpc) is 2.67. The lowest BCUT2D eigenvalue weighted by Gasteiger charge is -2.23. The standard InChI is InChI=1S/C22H27ClN2O5/c1-22(2,3)30-21(27)25-18(14-29-13-15-8-6-5-7-9-15)20(26)24-17-12-16(23)10-11-19(17)28-4/h5-12,18H,13-14H2,1-4H3,(H,24,26)(H,25,27)/t18-/m0/s1. The predicted molar refractivity (Wildman–Crippen MR) is 116 cm³/mol. The van der Waals surface area contributed by atoms with Crippen molar-refractivity contribution in [2.45, 2.75) is 39.0 Å². The molecule has 8 heteroatoms. The molecule has 7 nitrogen and oxygen atoms in total. The summed E-state index contributed by atoms with van der Waals surface area (Å²) in [6.07, 6.45) is -0.718. The van der Waals surface area contributed by atoms with Gasteiger partial charge < -0.3 is 24.8 Å². The Morgan fingerprint density at radius 3 is 2.43 bits per heavy atom. The lowest BCUT2D eigenvalue weighted by atomic mass is 10.2. The molecule has 2 rings (SSSR count). The molecule has 0 aliphatic carbocycles. The number of carbonyl (C=O) groups is 2. The molecule has 2 N–H and O–H groups in total. The number of rotatable bonds is 8. The number of anilines is 1. The van der Waals surface area contributed by atoms with Crippen molar-refractivity contribution in [3.63, 3.8) is 0 Å². The fourth-order valence-electron chi connectivity index (χ4n) is 2.50. The third-order valence-electron chi connectivity index (χ3n) is 3.82. The molecule has 0 spiro atoms. The summed E-state index contributed by atoms with van der Waals surface area (Å²) in [6.45, 7) is 5.46. The van der Waals surface area contributed by atoms with Gasteiger partial charge in [0.25, 0.3) is 0 Å². The molecule has 2 amide bonds. The van der Waals surface area contributed by atoms with Crippen LogP contribution in [0.2, 0.25) is 5.02 Å². The molecular formula is C22H27ClN2O5. The van der Waals surface area contributed by atoms with Gasteiger partial charge in [0.15, 0.2) is 0 Å². The van der Waals surface area contributed by atoms with Crippen molar-refractivity contribution in [1.29, 1.82) is 0 Å². The Balaban J connectivity index is 2.09. The van der Waals surface area contributed by atoms with Crippen molar-refractivity contribution < 1.29 is 23.8 Å². The molecule has 2 aromatic rings. The number of halogens is 1. The maximum absolute atomic E-state index is 12.9. The largest absolute Gasteiger partial charge is 0.495 e. The summed E-state index contributed by atoms with van der Waals surface area (Å²) in [4.78, 5) is 25.1. The summed E-state index contributed by atoms with van der Waals surface area (Å²) in [5, 5.41) is 5.71. The highest BCUT2D eigenvalue weighted by Crippen LogP contribution is 2.27. The highest BCUT2D eigenvalue weighted by atomic mass is 35.5. The highest BCUT2D eigenvalue weighted by molar-refractivity contribution is 6.31. The summed E-state index contributed by atoms with van der Waals surface area (Å²) in [7, 11) is 1.48. The van der Waals surface area contributed by atoms with Crippen LogP contribution in [-0.2, 0) is 20.9 Å². The van der Waals surface area contributed by atoms with Crippen molar-refractivity contribution in [3.8, 4) is 5.75 Å². The van der Waals surface area contributed by atoms with Gasteiger partial charge in [-0.3, -0.25) is 4.79 Å². The van der Waals surface area contributed by atoms with Crippen LogP contribution in [0.25, 0.3) is 0 Å². The van der Waals surface area contributed by atoms with E-state index in [2.05, 4.69) is 10.6 Å². The van der Waals surface area contributed by atoms with E-state index in [0.29, 0.717) is 23.1 Å². The lowest BCUT2D eigenvalue weighted by molar-refractivity contribution is -0.119. The van der Waals surface area contributed by atoms with Gasteiger partial charge in [-0.25, -0.2) is 4.79 Å². The molecule has 0 saturated carbocycles. The van der Waals surface area contributed by atoms with Crippen LogP contribution in [0.3, 0.4) is 0 Å². The Hall–Kier alpha value is -2.77. The van der Waals surface area contributed by atoms with Crippen LogP contribution < -0.4 is 15.4 Å². The Kier molecular flexibility index (Phi) is 8.50. The minimum atomic E-state index is -0.993. The molecule has 0 aromatic heterocycles. The Morgan fingerprint density at radius 1 is 1.10 bits per heavy atom. The van der Waals surface area contributed by atoms with E-state index >= 15 is 0 Å². The Bertz CT molecular complexity index is 852. The first-order chi connectivity index (χ1) is 14.2. The van der Waals surface area contributed by atoms with Crippen molar-refractivity contribution in [2.75, 3.05) is 19.0 Å². The van der Waals surface area contributed by atoms with Crippen molar-refractivity contribution in [3.05, 3.63) is 59.1 Å². The quantitative estimate of drug-likeness (QED) is 0.643. The molecule has 0 aliphatic heterocycles. The second-order valence-corrected chi connectivity index (χ2v) is 7.97. The third-order valence-corrected chi connectivity index (χ3v) is 4.06. The Morgan fingerprint density at radius 2 is 1.80 bits per heavy atom. The zero-order valence-electron chi connectivity index (χ0n) is 17.5. The molecule has 0 saturated heterocycles. The van der Waals surface area contributed by atoms with Crippen LogP contribution in [0.15, 0.2) is 48.5 Å². The third kappa shape index (κ3) is 7.93. The van der Waals surface area contributed by atoms with Crippen molar-refractivity contribution in [2.24, 2.45) is 0 Å². The van der Waals surface area contributed by atoms with E-state index in [1.165, 1.54) is 7.11 Å². The molecule has 0 radical (unpaired) electrons. The predicted octanol–water partition coefficient (Wildman–Crippen LogP) is 4.40. The Labute approximate surface area is 181 Å². The van der Waals surface area contributed by atoms with Gasteiger partial charge in [-0.2, -0.15) is 0 Å². The van der Waals surface area contributed by atoms with Crippen LogP contribution >= 0.6 is 11.6 Å². The monoisotopic (exact) mass is 434 g/mol. The molecule has 0 fully saturated rings. The molecule has 0 aliphatic rings. The van der Waals surface area contributed by atoms with Gasteiger partial charge in [0.2, 0.25) is 5.91 Å². The van der Waals surface area contributed by atoms with E-state index in [-0.39, 0.29) is 6.61 Å². The van der Waals surface area contributed by atoms with E-state index in [4.69, 9.17) is 25.8 Å². The van der Waals surface area contributed by atoms with Crippen molar-refractivity contribution >= 4 is 29.3 Å². The number of amides is 2. The summed E-state index contributed by atoms with van der Waals surface area (Å²) < 4.78 is 16.2. The van der Waals surface area contributed by atoms with Crippen molar-refractivity contribution in [1.82, 2.24) is 5.32 Å². The van der Waals surface area contributed by atoms with Crippen LogP contribution in [0, 0.1) is 0 Å². The SMILES string of the molecule is COc1ccc(Cl)cc1NC(=O)[C@H](COCc1ccccc1)NC(=O)OC(C)(C)C. The van der Waals surface area contributed by atoms with Crippen LogP contribution in [0.5, 0.6) is 5.75 Å². The van der Waals surface area contributed by atoms with E-state index in [0.717, 1.165) is 5.56 Å². The fraction of sp³-hybridized carbons (Fsp3) is 0.364. The number of carbonyl (C=O) groups excluding carboxylic acids is 2. The topological polar surface area (TPSA) is 85.9 Å². The van der Waals surface area contributed by atoms with E-state index in [9.17, 15) is 9.59 Å². The lowest BCUT2D eigenvalue weighted by Crippen LogP contribution is -2.48.